The molecule has 0 saturated carbocycles. The molecule has 1 aromatic rings. The Morgan fingerprint density at radius 2 is 2.06 bits per heavy atom. The summed E-state index contributed by atoms with van der Waals surface area (Å²) in [5.41, 5.74) is 11.9. The maximum Gasteiger partial charge on any atom is 0.312 e. The molecule has 6 N–H and O–H groups in total. The van der Waals surface area contributed by atoms with Crippen molar-refractivity contribution in [2.24, 2.45) is 11.5 Å². The Hall–Kier alpha value is -1.53. The lowest BCUT2D eigenvalue weighted by atomic mass is 10.1. The molecule has 0 atom stereocenters. The fourth-order valence-corrected chi connectivity index (χ4v) is 1.86. The third-order valence-electron chi connectivity index (χ3n) is 2.00. The van der Waals surface area contributed by atoms with E-state index < -0.39 is 6.03 Å². The van der Waals surface area contributed by atoms with Crippen molar-refractivity contribution < 1.29 is 4.79 Å². The van der Waals surface area contributed by atoms with Crippen molar-refractivity contribution in [1.29, 1.82) is 0 Å². The molecule has 0 fully saturated rings. The summed E-state index contributed by atoms with van der Waals surface area (Å²) in [5, 5.41) is 6.02. The number of nitrogens with two attached hydrogens (primary N) is 2. The van der Waals surface area contributed by atoms with Crippen molar-refractivity contribution in [3.8, 4) is 0 Å². The minimum absolute atomic E-state index is 0.223. The van der Waals surface area contributed by atoms with Crippen molar-refractivity contribution in [2.45, 2.75) is 0 Å². The van der Waals surface area contributed by atoms with Gasteiger partial charge in [0.15, 0.2) is 0 Å². The van der Waals surface area contributed by atoms with Gasteiger partial charge in [-0.3, -0.25) is 0 Å². The number of hydrogen-bond donors (Lipinski definition) is 4. The zero-order chi connectivity index (χ0) is 12.8. The predicted octanol–water partition coefficient (Wildman–Crippen LogP) is 1.05. The van der Waals surface area contributed by atoms with Crippen LogP contribution in [0.1, 0.15) is 5.56 Å². The van der Waals surface area contributed by atoms with Gasteiger partial charge in [-0.1, -0.05) is 29.9 Å². The molecule has 92 valence electrons. The quantitative estimate of drug-likeness (QED) is 0.476. The van der Waals surface area contributed by atoms with Gasteiger partial charge >= 0.3 is 6.03 Å². The second kappa shape index (κ2) is 6.27. The lowest BCUT2D eigenvalue weighted by Crippen LogP contribution is -2.33. The van der Waals surface area contributed by atoms with Gasteiger partial charge in [0.2, 0.25) is 0 Å². The van der Waals surface area contributed by atoms with E-state index in [1.165, 1.54) is 0 Å². The number of carbonyl (C=O) groups excluding carboxylic acids is 1. The Morgan fingerprint density at radius 1 is 1.35 bits per heavy atom. The highest BCUT2D eigenvalue weighted by Crippen LogP contribution is 2.23. The van der Waals surface area contributed by atoms with E-state index in [0.29, 0.717) is 23.7 Å². The zero-order valence-electron chi connectivity index (χ0n) is 9.00. The van der Waals surface area contributed by atoms with Crippen molar-refractivity contribution in [3.05, 3.63) is 28.8 Å². The van der Waals surface area contributed by atoms with Gasteiger partial charge < -0.3 is 22.1 Å². The molecule has 5 nitrogen and oxygen atoms in total. The van der Waals surface area contributed by atoms with Gasteiger partial charge in [0.25, 0.3) is 0 Å². The van der Waals surface area contributed by atoms with Crippen LogP contribution in [0.3, 0.4) is 0 Å². The predicted molar refractivity (Wildman–Crippen MR) is 73.4 cm³/mol. The molecule has 0 heterocycles. The van der Waals surface area contributed by atoms with Crippen LogP contribution < -0.4 is 22.1 Å². The van der Waals surface area contributed by atoms with Crippen LogP contribution in [0, 0.1) is 0 Å². The van der Waals surface area contributed by atoms with Gasteiger partial charge in [-0.05, 0) is 12.1 Å². The van der Waals surface area contributed by atoms with Crippen LogP contribution in [0.2, 0.25) is 5.02 Å². The lowest BCUT2D eigenvalue weighted by Gasteiger charge is -2.12. The van der Waals surface area contributed by atoms with E-state index in [2.05, 4.69) is 10.6 Å². The Morgan fingerprint density at radius 3 is 2.65 bits per heavy atom. The topological polar surface area (TPSA) is 93.2 Å². The third-order valence-corrected chi connectivity index (χ3v) is 2.52. The number of nitrogens with one attached hydrogen (secondary N) is 2. The van der Waals surface area contributed by atoms with E-state index in [4.69, 9.17) is 35.3 Å². The Labute approximate surface area is 109 Å². The number of rotatable bonds is 5. The molecule has 0 aliphatic heterocycles. The van der Waals surface area contributed by atoms with Crippen molar-refractivity contribution in [3.63, 3.8) is 0 Å². The Bertz CT molecular complexity index is 438. The molecule has 0 aromatic heterocycles. The number of carbonyl (C=O) groups is 1. The van der Waals surface area contributed by atoms with Crippen LogP contribution >= 0.6 is 23.8 Å². The fourth-order valence-electron chi connectivity index (χ4n) is 1.30. The van der Waals surface area contributed by atoms with Gasteiger partial charge in [0, 0.05) is 18.8 Å². The average Bonchev–Trinajstić information content (AvgIpc) is 2.23. The van der Waals surface area contributed by atoms with Crippen LogP contribution in [-0.2, 0) is 0 Å². The van der Waals surface area contributed by atoms with Gasteiger partial charge in [-0.25, -0.2) is 4.79 Å². The highest BCUT2D eigenvalue weighted by Gasteiger charge is 2.08. The molecule has 1 rings (SSSR count). The van der Waals surface area contributed by atoms with Crippen LogP contribution in [-0.4, -0.2) is 24.1 Å². The van der Waals surface area contributed by atoms with E-state index in [0.717, 1.165) is 5.69 Å². The van der Waals surface area contributed by atoms with Gasteiger partial charge in [-0.2, -0.15) is 0 Å². The summed E-state index contributed by atoms with van der Waals surface area (Å²) in [7, 11) is 0. The number of hydrogen-bond acceptors (Lipinski definition) is 3. The summed E-state index contributed by atoms with van der Waals surface area (Å²) in [5.74, 6) is 0. The highest BCUT2D eigenvalue weighted by molar-refractivity contribution is 7.80. The maximum atomic E-state index is 10.5. The molecule has 0 radical (unpaired) electrons. The van der Waals surface area contributed by atoms with Gasteiger partial charge in [0.1, 0.15) is 4.99 Å². The van der Waals surface area contributed by atoms with E-state index in [9.17, 15) is 4.79 Å². The number of primary amides is 1. The molecule has 0 aliphatic rings. The molecule has 0 aliphatic carbocycles. The summed E-state index contributed by atoms with van der Waals surface area (Å²) in [4.78, 5) is 10.7. The first-order valence-electron chi connectivity index (χ1n) is 4.88. The van der Waals surface area contributed by atoms with E-state index in [-0.39, 0.29) is 4.99 Å². The summed E-state index contributed by atoms with van der Waals surface area (Å²) in [6.07, 6.45) is 0. The van der Waals surface area contributed by atoms with Gasteiger partial charge in [0.05, 0.1) is 10.6 Å². The Kier molecular flexibility index (Phi) is 4.99. The second-order valence-electron chi connectivity index (χ2n) is 3.24. The van der Waals surface area contributed by atoms with Crippen LogP contribution in [0.4, 0.5) is 10.5 Å². The molecule has 7 heteroatoms. The summed E-state index contributed by atoms with van der Waals surface area (Å²) >= 11 is 10.9. The Balaban J connectivity index is 2.67. The smallest absolute Gasteiger partial charge is 0.312 e. The highest BCUT2D eigenvalue weighted by atomic mass is 35.5. The van der Waals surface area contributed by atoms with E-state index in [1.54, 1.807) is 12.1 Å². The maximum absolute atomic E-state index is 10.5. The SMILES string of the molecule is NC(=O)NCCNc1cccc(Cl)c1C(N)=S. The number of amides is 2. The molecular formula is C10H13ClN4OS. The summed E-state index contributed by atoms with van der Waals surface area (Å²) in [6.45, 7) is 0.900. The molecule has 17 heavy (non-hydrogen) atoms. The molecule has 0 bridgehead atoms. The number of thiocarbonyl (C=S) groups is 1. The minimum atomic E-state index is -0.563. The number of anilines is 1. The minimum Gasteiger partial charge on any atom is -0.389 e. The molecule has 0 saturated heterocycles. The summed E-state index contributed by atoms with van der Waals surface area (Å²) in [6, 6.07) is 4.74. The first kappa shape index (κ1) is 13.5. The standard InChI is InChI=1S/C10H13ClN4OS/c11-6-2-1-3-7(8(6)9(12)17)14-4-5-15-10(13)16/h1-3,14H,4-5H2,(H2,12,17)(H3,13,15,16). The van der Waals surface area contributed by atoms with Crippen LogP contribution in [0.5, 0.6) is 0 Å². The summed E-state index contributed by atoms with van der Waals surface area (Å²) < 4.78 is 0. The number of halogens is 1. The monoisotopic (exact) mass is 272 g/mol. The third kappa shape index (κ3) is 4.08. The van der Waals surface area contributed by atoms with Crippen LogP contribution in [0.25, 0.3) is 0 Å². The van der Waals surface area contributed by atoms with Crippen LogP contribution in [0.15, 0.2) is 18.2 Å². The fraction of sp³-hybridized carbons (Fsp3) is 0.200. The van der Waals surface area contributed by atoms with Gasteiger partial charge in [-0.15, -0.1) is 0 Å². The van der Waals surface area contributed by atoms with E-state index >= 15 is 0 Å². The second-order valence-corrected chi connectivity index (χ2v) is 4.09. The van der Waals surface area contributed by atoms with Crippen molar-refractivity contribution in [2.75, 3.05) is 18.4 Å². The number of urea groups is 1. The largest absolute Gasteiger partial charge is 0.389 e. The van der Waals surface area contributed by atoms with E-state index in [1.807, 2.05) is 6.07 Å². The lowest BCUT2D eigenvalue weighted by molar-refractivity contribution is 0.249. The molecule has 0 spiro atoms. The molecule has 0 unspecified atom stereocenters. The zero-order valence-corrected chi connectivity index (χ0v) is 10.6. The first-order valence-corrected chi connectivity index (χ1v) is 5.66. The molecular weight excluding hydrogens is 260 g/mol. The van der Waals surface area contributed by atoms with Crippen molar-refractivity contribution >= 4 is 40.5 Å². The first-order chi connectivity index (χ1) is 8.02. The number of benzene rings is 1. The molecule has 2 amide bonds. The molecule has 1 aromatic carbocycles. The van der Waals surface area contributed by atoms with Crippen molar-refractivity contribution in [1.82, 2.24) is 5.32 Å². The average molecular weight is 273 g/mol. The normalized spacial score (nSPS) is 9.71.